The first kappa shape index (κ1) is 16.6. The topological polar surface area (TPSA) is 67.5 Å². The maximum Gasteiger partial charge on any atom is 0.251 e. The molecule has 1 unspecified atom stereocenters. The van der Waals surface area contributed by atoms with Crippen LogP contribution in [0.25, 0.3) is 0 Å². The number of aromatic amines is 1. The van der Waals surface area contributed by atoms with Crippen molar-refractivity contribution < 1.29 is 13.9 Å². The number of hydrogen-bond donors (Lipinski definition) is 1. The molecule has 1 saturated heterocycles. The van der Waals surface area contributed by atoms with Crippen LogP contribution in [0, 0.1) is 12.7 Å². The van der Waals surface area contributed by atoms with E-state index in [-0.39, 0.29) is 17.5 Å². The Morgan fingerprint density at radius 2 is 2.21 bits per heavy atom. The van der Waals surface area contributed by atoms with Crippen LogP contribution in [-0.2, 0) is 4.74 Å². The Morgan fingerprint density at radius 1 is 1.42 bits per heavy atom. The molecule has 7 heteroatoms. The third-order valence-electron chi connectivity index (χ3n) is 3.85. The van der Waals surface area contributed by atoms with Gasteiger partial charge in [-0.15, -0.1) is 0 Å². The van der Waals surface area contributed by atoms with E-state index in [1.807, 2.05) is 0 Å². The van der Waals surface area contributed by atoms with Crippen molar-refractivity contribution in [1.82, 2.24) is 14.9 Å². The Hall–Kier alpha value is -2.25. The standard InChI is InChI=1S/C17H20FN3O3/c1-12-19-15(10-17(22)20-12)16-11-21(7-9-24-16)6-8-23-14-4-2-13(18)3-5-14/h2-5,10,16H,6-9,11H2,1H3,(H,19,20,22). The first-order chi connectivity index (χ1) is 11.6. The third kappa shape index (κ3) is 4.39. The van der Waals surface area contributed by atoms with Gasteiger partial charge in [-0.3, -0.25) is 9.69 Å². The van der Waals surface area contributed by atoms with Gasteiger partial charge in [0.15, 0.2) is 0 Å². The quantitative estimate of drug-likeness (QED) is 0.901. The van der Waals surface area contributed by atoms with Crippen molar-refractivity contribution in [3.05, 3.63) is 58.0 Å². The molecule has 1 fully saturated rings. The van der Waals surface area contributed by atoms with Crippen molar-refractivity contribution in [2.45, 2.75) is 13.0 Å². The fourth-order valence-electron chi connectivity index (χ4n) is 2.68. The van der Waals surface area contributed by atoms with Gasteiger partial charge in [-0.2, -0.15) is 0 Å². The third-order valence-corrected chi connectivity index (χ3v) is 3.85. The van der Waals surface area contributed by atoms with Gasteiger partial charge in [0.2, 0.25) is 0 Å². The van der Waals surface area contributed by atoms with Crippen LogP contribution < -0.4 is 10.3 Å². The second kappa shape index (κ2) is 7.55. The van der Waals surface area contributed by atoms with Gasteiger partial charge in [-0.05, 0) is 31.2 Å². The fraction of sp³-hybridized carbons (Fsp3) is 0.412. The molecule has 1 aliphatic rings. The van der Waals surface area contributed by atoms with Crippen LogP contribution in [0.2, 0.25) is 0 Å². The van der Waals surface area contributed by atoms with E-state index in [0.29, 0.717) is 37.0 Å². The lowest BCUT2D eigenvalue weighted by atomic mass is 10.2. The number of ether oxygens (including phenoxy) is 2. The smallest absolute Gasteiger partial charge is 0.251 e. The largest absolute Gasteiger partial charge is 0.492 e. The van der Waals surface area contributed by atoms with Crippen LogP contribution in [0.1, 0.15) is 17.6 Å². The summed E-state index contributed by atoms with van der Waals surface area (Å²) in [6, 6.07) is 7.46. The van der Waals surface area contributed by atoms with Crippen LogP contribution in [0.5, 0.6) is 5.75 Å². The molecular weight excluding hydrogens is 313 g/mol. The number of hydrogen-bond acceptors (Lipinski definition) is 5. The lowest BCUT2D eigenvalue weighted by Gasteiger charge is -2.32. The average Bonchev–Trinajstić information content (AvgIpc) is 2.56. The van der Waals surface area contributed by atoms with E-state index >= 15 is 0 Å². The highest BCUT2D eigenvalue weighted by Gasteiger charge is 2.23. The second-order valence-electron chi connectivity index (χ2n) is 5.72. The van der Waals surface area contributed by atoms with Gasteiger partial charge in [0.05, 0.1) is 12.3 Å². The van der Waals surface area contributed by atoms with Crippen LogP contribution in [0.15, 0.2) is 35.1 Å². The molecule has 1 aromatic heterocycles. The summed E-state index contributed by atoms with van der Waals surface area (Å²) in [6.45, 7) is 5.00. The molecule has 0 radical (unpaired) electrons. The lowest BCUT2D eigenvalue weighted by Crippen LogP contribution is -2.41. The summed E-state index contributed by atoms with van der Waals surface area (Å²) in [6.07, 6.45) is -0.217. The van der Waals surface area contributed by atoms with E-state index < -0.39 is 0 Å². The average molecular weight is 333 g/mol. The van der Waals surface area contributed by atoms with E-state index in [1.165, 1.54) is 18.2 Å². The summed E-state index contributed by atoms with van der Waals surface area (Å²) in [4.78, 5) is 20.8. The predicted molar refractivity (Wildman–Crippen MR) is 86.6 cm³/mol. The van der Waals surface area contributed by atoms with Gasteiger partial charge in [0.25, 0.3) is 5.56 Å². The number of nitrogens with one attached hydrogen (secondary N) is 1. The normalized spacial score (nSPS) is 18.5. The first-order valence-corrected chi connectivity index (χ1v) is 7.90. The van der Waals surface area contributed by atoms with E-state index in [2.05, 4.69) is 14.9 Å². The van der Waals surface area contributed by atoms with Crippen LogP contribution >= 0.6 is 0 Å². The highest BCUT2D eigenvalue weighted by atomic mass is 19.1. The summed E-state index contributed by atoms with van der Waals surface area (Å²) < 4.78 is 24.2. The Bertz CT molecular complexity index is 733. The van der Waals surface area contributed by atoms with Gasteiger partial charge in [0.1, 0.15) is 30.1 Å². The maximum atomic E-state index is 12.9. The van der Waals surface area contributed by atoms with Crippen molar-refractivity contribution in [3.8, 4) is 5.75 Å². The van der Waals surface area contributed by atoms with Crippen LogP contribution in [-0.4, -0.2) is 47.7 Å². The maximum absolute atomic E-state index is 12.9. The van der Waals surface area contributed by atoms with Gasteiger partial charge in [-0.1, -0.05) is 0 Å². The highest BCUT2D eigenvalue weighted by Crippen LogP contribution is 2.19. The predicted octanol–water partition coefficient (Wildman–Crippen LogP) is 1.67. The molecule has 1 aliphatic heterocycles. The summed E-state index contributed by atoms with van der Waals surface area (Å²) in [7, 11) is 0. The summed E-state index contributed by atoms with van der Waals surface area (Å²) in [5.41, 5.74) is 0.485. The molecule has 6 nitrogen and oxygen atoms in total. The molecule has 0 bridgehead atoms. The van der Waals surface area contributed by atoms with Crippen LogP contribution in [0.4, 0.5) is 4.39 Å². The minimum absolute atomic E-state index is 0.169. The number of halogens is 1. The summed E-state index contributed by atoms with van der Waals surface area (Å²) >= 11 is 0. The highest BCUT2D eigenvalue weighted by molar-refractivity contribution is 5.22. The van der Waals surface area contributed by atoms with Crippen molar-refractivity contribution in [2.24, 2.45) is 0 Å². The Labute approximate surface area is 139 Å². The molecule has 2 heterocycles. The van der Waals surface area contributed by atoms with Crippen LogP contribution in [0.3, 0.4) is 0 Å². The zero-order chi connectivity index (χ0) is 16.9. The molecule has 0 saturated carbocycles. The summed E-state index contributed by atoms with van der Waals surface area (Å²) in [5, 5.41) is 0. The molecule has 0 amide bonds. The molecule has 1 atom stereocenters. The lowest BCUT2D eigenvalue weighted by molar-refractivity contribution is -0.0351. The van der Waals surface area contributed by atoms with Crippen molar-refractivity contribution >= 4 is 0 Å². The number of nitrogens with zero attached hydrogens (tertiary/aromatic N) is 2. The zero-order valence-electron chi connectivity index (χ0n) is 13.5. The van der Waals surface area contributed by atoms with Gasteiger partial charge in [0, 0.05) is 25.7 Å². The number of H-pyrrole nitrogens is 1. The number of aryl methyl sites for hydroxylation is 1. The number of rotatable bonds is 5. The Balaban J connectivity index is 1.53. The zero-order valence-corrected chi connectivity index (χ0v) is 13.5. The minimum atomic E-state index is -0.279. The first-order valence-electron chi connectivity index (χ1n) is 7.90. The Kier molecular flexibility index (Phi) is 5.22. The minimum Gasteiger partial charge on any atom is -0.492 e. The molecule has 2 aromatic rings. The molecule has 0 spiro atoms. The van der Waals surface area contributed by atoms with Crippen molar-refractivity contribution in [2.75, 3.05) is 32.8 Å². The Morgan fingerprint density at radius 3 is 2.96 bits per heavy atom. The molecule has 1 aromatic carbocycles. The van der Waals surface area contributed by atoms with Gasteiger partial charge in [-0.25, -0.2) is 9.37 Å². The van der Waals surface area contributed by atoms with E-state index in [4.69, 9.17) is 9.47 Å². The molecule has 0 aliphatic carbocycles. The molecular formula is C17H20FN3O3. The van der Waals surface area contributed by atoms with Crippen molar-refractivity contribution in [1.29, 1.82) is 0 Å². The second-order valence-corrected chi connectivity index (χ2v) is 5.72. The van der Waals surface area contributed by atoms with E-state index in [0.717, 1.165) is 13.1 Å². The van der Waals surface area contributed by atoms with E-state index in [1.54, 1.807) is 19.1 Å². The van der Waals surface area contributed by atoms with Crippen molar-refractivity contribution in [3.63, 3.8) is 0 Å². The molecule has 3 rings (SSSR count). The van der Waals surface area contributed by atoms with E-state index in [9.17, 15) is 9.18 Å². The summed E-state index contributed by atoms with van der Waals surface area (Å²) in [5.74, 6) is 0.949. The van der Waals surface area contributed by atoms with Gasteiger partial charge >= 0.3 is 0 Å². The number of morpholine rings is 1. The monoisotopic (exact) mass is 333 g/mol. The SMILES string of the molecule is Cc1nc(C2CN(CCOc3ccc(F)cc3)CCO2)cc(=O)[nH]1. The number of aromatic nitrogens is 2. The molecule has 1 N–H and O–H groups in total. The van der Waals surface area contributed by atoms with Gasteiger partial charge < -0.3 is 14.5 Å². The molecule has 128 valence electrons. The molecule has 24 heavy (non-hydrogen) atoms. The fourth-order valence-corrected chi connectivity index (χ4v) is 2.68. The number of benzene rings is 1.